The quantitative estimate of drug-likeness (QED) is 0.794. The molecule has 2 fully saturated rings. The first-order chi connectivity index (χ1) is 10.3. The fourth-order valence-corrected chi connectivity index (χ4v) is 3.02. The van der Waals surface area contributed by atoms with Crippen molar-refractivity contribution in [1.82, 2.24) is 0 Å². The molecule has 21 heavy (non-hydrogen) atoms. The van der Waals surface area contributed by atoms with E-state index in [1.807, 2.05) is 0 Å². The Balaban J connectivity index is 1.49. The third-order valence-electron chi connectivity index (χ3n) is 4.84. The molecule has 3 heteroatoms. The zero-order valence-electron chi connectivity index (χ0n) is 13.0. The molecule has 116 valence electrons. The van der Waals surface area contributed by atoms with Gasteiger partial charge in [0.25, 0.3) is 0 Å². The van der Waals surface area contributed by atoms with Crippen molar-refractivity contribution in [3.05, 3.63) is 29.8 Å². The highest BCUT2D eigenvalue weighted by atomic mass is 16.7. The second-order valence-electron chi connectivity index (χ2n) is 6.40. The Labute approximate surface area is 127 Å². The Morgan fingerprint density at radius 1 is 1.19 bits per heavy atom. The van der Waals surface area contributed by atoms with Crippen molar-refractivity contribution < 1.29 is 14.2 Å². The van der Waals surface area contributed by atoms with Crippen LogP contribution in [0.25, 0.3) is 0 Å². The van der Waals surface area contributed by atoms with Crippen LogP contribution >= 0.6 is 0 Å². The summed E-state index contributed by atoms with van der Waals surface area (Å²) in [6.07, 6.45) is 6.85. The van der Waals surface area contributed by atoms with Crippen molar-refractivity contribution in [2.45, 2.75) is 51.7 Å². The highest BCUT2D eigenvalue weighted by Gasteiger charge is 2.35. The number of ether oxygens (including phenoxy) is 3. The molecular formula is C18H26O3. The van der Waals surface area contributed by atoms with Crippen LogP contribution in [0, 0.1) is 5.41 Å². The molecule has 1 atom stereocenters. The van der Waals surface area contributed by atoms with E-state index in [4.69, 9.17) is 14.2 Å². The standard InChI is InChI=1S/C18H26O3/c1-2-18(13-19-14-18)11-10-15-6-8-16(9-7-15)21-17-5-3-4-12-20-17/h6-9,17H,2-5,10-14H2,1H3. The van der Waals surface area contributed by atoms with Gasteiger partial charge in [-0.05, 0) is 49.8 Å². The molecule has 1 aromatic carbocycles. The van der Waals surface area contributed by atoms with Crippen LogP contribution in [0.2, 0.25) is 0 Å². The normalized spacial score (nSPS) is 24.3. The van der Waals surface area contributed by atoms with Gasteiger partial charge in [-0.2, -0.15) is 0 Å². The molecule has 0 bridgehead atoms. The van der Waals surface area contributed by atoms with Gasteiger partial charge in [0, 0.05) is 11.8 Å². The van der Waals surface area contributed by atoms with E-state index in [2.05, 4.69) is 31.2 Å². The van der Waals surface area contributed by atoms with Gasteiger partial charge in [-0.15, -0.1) is 0 Å². The highest BCUT2D eigenvalue weighted by molar-refractivity contribution is 5.27. The average Bonchev–Trinajstić information content (AvgIpc) is 2.49. The van der Waals surface area contributed by atoms with Crippen LogP contribution < -0.4 is 4.74 Å². The molecule has 0 aromatic heterocycles. The zero-order chi connectivity index (χ0) is 14.5. The van der Waals surface area contributed by atoms with Crippen molar-refractivity contribution in [2.24, 2.45) is 5.41 Å². The number of rotatable bonds is 6. The fraction of sp³-hybridized carbons (Fsp3) is 0.667. The molecular weight excluding hydrogens is 264 g/mol. The summed E-state index contributed by atoms with van der Waals surface area (Å²) in [6, 6.07) is 8.51. The summed E-state index contributed by atoms with van der Waals surface area (Å²) < 4.78 is 16.9. The maximum Gasteiger partial charge on any atom is 0.199 e. The average molecular weight is 290 g/mol. The number of aryl methyl sites for hydroxylation is 1. The van der Waals surface area contributed by atoms with Crippen LogP contribution in [0.1, 0.15) is 44.6 Å². The third-order valence-corrected chi connectivity index (χ3v) is 4.84. The predicted molar refractivity (Wildman–Crippen MR) is 82.5 cm³/mol. The lowest BCUT2D eigenvalue weighted by molar-refractivity contribution is -0.119. The van der Waals surface area contributed by atoms with Crippen LogP contribution in [0.15, 0.2) is 24.3 Å². The topological polar surface area (TPSA) is 27.7 Å². The van der Waals surface area contributed by atoms with Gasteiger partial charge in [-0.25, -0.2) is 0 Å². The van der Waals surface area contributed by atoms with Crippen molar-refractivity contribution in [3.8, 4) is 5.75 Å². The van der Waals surface area contributed by atoms with Gasteiger partial charge in [0.1, 0.15) is 5.75 Å². The molecule has 0 amide bonds. The molecule has 3 nitrogen and oxygen atoms in total. The van der Waals surface area contributed by atoms with E-state index in [0.717, 1.165) is 44.8 Å². The molecule has 0 radical (unpaired) electrons. The van der Waals surface area contributed by atoms with Crippen molar-refractivity contribution in [1.29, 1.82) is 0 Å². The second kappa shape index (κ2) is 6.80. The van der Waals surface area contributed by atoms with E-state index < -0.39 is 0 Å². The molecule has 2 aliphatic rings. The summed E-state index contributed by atoms with van der Waals surface area (Å²) in [5, 5.41) is 0. The maximum atomic E-state index is 5.87. The summed E-state index contributed by atoms with van der Waals surface area (Å²) in [6.45, 7) is 4.96. The summed E-state index contributed by atoms with van der Waals surface area (Å²) >= 11 is 0. The minimum atomic E-state index is -0.0555. The van der Waals surface area contributed by atoms with Crippen LogP contribution in [-0.4, -0.2) is 26.1 Å². The minimum absolute atomic E-state index is 0.0555. The third kappa shape index (κ3) is 3.78. The van der Waals surface area contributed by atoms with Crippen LogP contribution in [-0.2, 0) is 15.9 Å². The summed E-state index contributed by atoms with van der Waals surface area (Å²) in [7, 11) is 0. The van der Waals surface area contributed by atoms with Gasteiger partial charge in [0.2, 0.25) is 0 Å². The lowest BCUT2D eigenvalue weighted by Crippen LogP contribution is -2.42. The van der Waals surface area contributed by atoms with Gasteiger partial charge in [-0.1, -0.05) is 19.1 Å². The largest absolute Gasteiger partial charge is 0.465 e. The lowest BCUT2D eigenvalue weighted by atomic mass is 9.78. The van der Waals surface area contributed by atoms with E-state index in [1.165, 1.54) is 24.8 Å². The van der Waals surface area contributed by atoms with Crippen molar-refractivity contribution in [3.63, 3.8) is 0 Å². The van der Waals surface area contributed by atoms with Gasteiger partial charge in [0.15, 0.2) is 6.29 Å². The molecule has 0 saturated carbocycles. The number of benzene rings is 1. The first kappa shape index (κ1) is 14.9. The van der Waals surface area contributed by atoms with Crippen LogP contribution in [0.4, 0.5) is 0 Å². The van der Waals surface area contributed by atoms with Crippen molar-refractivity contribution >= 4 is 0 Å². The monoisotopic (exact) mass is 290 g/mol. The molecule has 2 saturated heterocycles. The molecule has 2 heterocycles. The van der Waals surface area contributed by atoms with E-state index in [9.17, 15) is 0 Å². The second-order valence-corrected chi connectivity index (χ2v) is 6.40. The Morgan fingerprint density at radius 2 is 2.00 bits per heavy atom. The lowest BCUT2D eigenvalue weighted by Gasteiger charge is -2.41. The molecule has 0 spiro atoms. The molecule has 3 rings (SSSR count). The minimum Gasteiger partial charge on any atom is -0.465 e. The van der Waals surface area contributed by atoms with Gasteiger partial charge in [-0.3, -0.25) is 0 Å². The summed E-state index contributed by atoms with van der Waals surface area (Å²) in [4.78, 5) is 0. The maximum absolute atomic E-state index is 5.87. The molecule has 2 aliphatic heterocycles. The van der Waals surface area contributed by atoms with Gasteiger partial charge in [0.05, 0.1) is 19.8 Å². The van der Waals surface area contributed by atoms with E-state index in [0.29, 0.717) is 5.41 Å². The van der Waals surface area contributed by atoms with E-state index in [1.54, 1.807) is 0 Å². The molecule has 0 aliphatic carbocycles. The molecule has 0 N–H and O–H groups in total. The van der Waals surface area contributed by atoms with E-state index >= 15 is 0 Å². The molecule has 1 unspecified atom stereocenters. The molecule has 1 aromatic rings. The van der Waals surface area contributed by atoms with Crippen molar-refractivity contribution in [2.75, 3.05) is 19.8 Å². The Hall–Kier alpha value is -1.06. The highest BCUT2D eigenvalue weighted by Crippen LogP contribution is 2.36. The number of hydrogen-bond donors (Lipinski definition) is 0. The van der Waals surface area contributed by atoms with Crippen LogP contribution in [0.5, 0.6) is 5.75 Å². The smallest absolute Gasteiger partial charge is 0.199 e. The first-order valence-electron chi connectivity index (χ1n) is 8.25. The fourth-order valence-electron chi connectivity index (χ4n) is 3.02. The van der Waals surface area contributed by atoms with Crippen LogP contribution in [0.3, 0.4) is 0 Å². The van der Waals surface area contributed by atoms with Gasteiger partial charge >= 0.3 is 0 Å². The summed E-state index contributed by atoms with van der Waals surface area (Å²) in [5.41, 5.74) is 1.82. The summed E-state index contributed by atoms with van der Waals surface area (Å²) in [5.74, 6) is 0.919. The predicted octanol–water partition coefficient (Wildman–Crippen LogP) is 3.95. The Bertz CT molecular complexity index is 425. The first-order valence-corrected chi connectivity index (χ1v) is 8.25. The SMILES string of the molecule is CCC1(CCc2ccc(OC3CCCCO3)cc2)COC1. The van der Waals surface area contributed by atoms with E-state index in [-0.39, 0.29) is 6.29 Å². The number of hydrogen-bond acceptors (Lipinski definition) is 3. The Kier molecular flexibility index (Phi) is 4.81. The zero-order valence-corrected chi connectivity index (χ0v) is 13.0. The van der Waals surface area contributed by atoms with Gasteiger partial charge < -0.3 is 14.2 Å². The Morgan fingerprint density at radius 3 is 2.57 bits per heavy atom.